The van der Waals surface area contributed by atoms with E-state index in [0.29, 0.717) is 0 Å². The molecule has 202 valence electrons. The van der Waals surface area contributed by atoms with Gasteiger partial charge in [0.25, 0.3) is 0 Å². The van der Waals surface area contributed by atoms with E-state index < -0.39 is 0 Å². The van der Waals surface area contributed by atoms with Crippen molar-refractivity contribution in [3.63, 3.8) is 0 Å². The number of nitrogens with zero attached hydrogens (tertiary/aromatic N) is 2. The molecule has 0 bridgehead atoms. The molecule has 43 heavy (non-hydrogen) atoms. The summed E-state index contributed by atoms with van der Waals surface area (Å²) in [7, 11) is 0. The maximum absolute atomic E-state index is 6.79. The lowest BCUT2D eigenvalue weighted by Crippen LogP contribution is -2.11. The lowest BCUT2D eigenvalue weighted by molar-refractivity contribution is 0.668. The van der Waals surface area contributed by atoms with Gasteiger partial charge in [0.2, 0.25) is 0 Å². The quantitative estimate of drug-likeness (QED) is 0.218. The Kier molecular flexibility index (Phi) is 5.16. The van der Waals surface area contributed by atoms with Gasteiger partial charge in [0.1, 0.15) is 22.4 Å². The van der Waals surface area contributed by atoms with Crippen molar-refractivity contribution in [2.45, 2.75) is 0 Å². The Bertz CT molecular complexity index is 2450. The van der Waals surface area contributed by atoms with Crippen LogP contribution in [0.15, 0.2) is 155 Å². The van der Waals surface area contributed by atoms with Gasteiger partial charge in [-0.25, -0.2) is 0 Å². The topological polar surface area (TPSA) is 42.4 Å². The molecule has 4 heteroatoms. The summed E-state index contributed by atoms with van der Waals surface area (Å²) in [4.78, 5) is 7.01. The molecular formula is C39H24N2O2. The smallest absolute Gasteiger partial charge is 0.162 e. The van der Waals surface area contributed by atoms with Crippen LogP contribution in [0.3, 0.4) is 0 Å². The highest BCUT2D eigenvalue weighted by molar-refractivity contribution is 6.19. The Balaban J connectivity index is 1.34. The fourth-order valence-electron chi connectivity index (χ4n) is 6.35. The van der Waals surface area contributed by atoms with Gasteiger partial charge >= 0.3 is 0 Å². The van der Waals surface area contributed by atoms with Crippen molar-refractivity contribution in [1.82, 2.24) is 4.98 Å². The lowest BCUT2D eigenvalue weighted by Gasteiger charge is -2.26. The summed E-state index contributed by atoms with van der Waals surface area (Å²) in [6.45, 7) is 0. The predicted molar refractivity (Wildman–Crippen MR) is 176 cm³/mol. The van der Waals surface area contributed by atoms with Gasteiger partial charge in [-0.2, -0.15) is 0 Å². The van der Waals surface area contributed by atoms with Crippen LogP contribution in [-0.4, -0.2) is 4.98 Å². The fraction of sp³-hybridized carbons (Fsp3) is 0. The van der Waals surface area contributed by atoms with Crippen LogP contribution >= 0.6 is 0 Å². The third kappa shape index (κ3) is 3.67. The Hall–Kier alpha value is -5.87. The molecule has 0 atom stereocenters. The van der Waals surface area contributed by atoms with Crippen LogP contribution in [-0.2, 0) is 0 Å². The standard InChI is InChI=1S/C39H24N2O2/c1-2-9-25(10-3-1)26-17-20-28(21-18-26)41(33-14-8-16-36-37(33)31-13-6-7-15-35(31)42-36)34-24-40-23-32-30-22-19-27-11-4-5-12-29(27)38(30)43-39(32)34/h1-24H. The van der Waals surface area contributed by atoms with Gasteiger partial charge in [-0.05, 0) is 52.9 Å². The van der Waals surface area contributed by atoms with E-state index in [1.165, 1.54) is 5.56 Å². The molecule has 9 rings (SSSR count). The molecule has 0 N–H and O–H groups in total. The van der Waals surface area contributed by atoms with E-state index in [-0.39, 0.29) is 0 Å². The third-order valence-electron chi connectivity index (χ3n) is 8.35. The molecule has 3 aromatic heterocycles. The monoisotopic (exact) mass is 552 g/mol. The molecule has 0 aliphatic carbocycles. The number of anilines is 3. The molecular weight excluding hydrogens is 528 g/mol. The van der Waals surface area contributed by atoms with E-state index in [0.717, 1.165) is 77.3 Å². The molecule has 0 spiro atoms. The van der Waals surface area contributed by atoms with Gasteiger partial charge < -0.3 is 13.7 Å². The number of aromatic nitrogens is 1. The zero-order valence-corrected chi connectivity index (χ0v) is 23.1. The lowest BCUT2D eigenvalue weighted by atomic mass is 10.0. The maximum Gasteiger partial charge on any atom is 0.162 e. The Morgan fingerprint density at radius 1 is 0.442 bits per heavy atom. The molecule has 0 saturated carbocycles. The highest BCUT2D eigenvalue weighted by atomic mass is 16.3. The molecule has 6 aromatic carbocycles. The summed E-state index contributed by atoms with van der Waals surface area (Å²) in [6.07, 6.45) is 3.81. The Morgan fingerprint density at radius 3 is 2.07 bits per heavy atom. The fourth-order valence-corrected chi connectivity index (χ4v) is 6.35. The molecule has 0 unspecified atom stereocenters. The number of para-hydroxylation sites is 1. The first-order chi connectivity index (χ1) is 21.3. The van der Waals surface area contributed by atoms with Gasteiger partial charge in [0, 0.05) is 33.4 Å². The van der Waals surface area contributed by atoms with Crippen molar-refractivity contribution in [3.8, 4) is 11.1 Å². The van der Waals surface area contributed by atoms with Crippen LogP contribution in [0.25, 0.3) is 65.8 Å². The minimum absolute atomic E-state index is 0.790. The first-order valence-electron chi connectivity index (χ1n) is 14.4. The Morgan fingerprint density at radius 2 is 1.19 bits per heavy atom. The second kappa shape index (κ2) is 9.33. The summed E-state index contributed by atoms with van der Waals surface area (Å²) in [6, 6.07) is 46.2. The number of pyridine rings is 1. The van der Waals surface area contributed by atoms with Crippen LogP contribution in [0.2, 0.25) is 0 Å². The van der Waals surface area contributed by atoms with Crippen LogP contribution in [0.4, 0.5) is 17.1 Å². The van der Waals surface area contributed by atoms with Crippen LogP contribution in [0.5, 0.6) is 0 Å². The van der Waals surface area contributed by atoms with Gasteiger partial charge in [-0.15, -0.1) is 0 Å². The van der Waals surface area contributed by atoms with E-state index in [1.807, 2.05) is 42.7 Å². The van der Waals surface area contributed by atoms with Crippen LogP contribution < -0.4 is 4.90 Å². The number of furan rings is 2. The maximum atomic E-state index is 6.79. The zero-order valence-electron chi connectivity index (χ0n) is 23.1. The number of rotatable bonds is 4. The van der Waals surface area contributed by atoms with Gasteiger partial charge in [0.15, 0.2) is 5.58 Å². The first kappa shape index (κ1) is 23.8. The van der Waals surface area contributed by atoms with Crippen molar-refractivity contribution < 1.29 is 8.83 Å². The molecule has 0 aliphatic rings. The summed E-state index contributed by atoms with van der Waals surface area (Å²) in [5.41, 5.74) is 8.54. The van der Waals surface area contributed by atoms with Crippen LogP contribution in [0.1, 0.15) is 0 Å². The molecule has 0 amide bonds. The number of hydrogen-bond acceptors (Lipinski definition) is 4. The zero-order chi connectivity index (χ0) is 28.3. The highest BCUT2D eigenvalue weighted by Crippen LogP contribution is 2.46. The third-order valence-corrected chi connectivity index (χ3v) is 8.35. The van der Waals surface area contributed by atoms with E-state index in [9.17, 15) is 0 Å². The second-order valence-electron chi connectivity index (χ2n) is 10.8. The summed E-state index contributed by atoms with van der Waals surface area (Å²) < 4.78 is 13.1. The minimum atomic E-state index is 0.790. The van der Waals surface area contributed by atoms with Crippen molar-refractivity contribution in [2.75, 3.05) is 4.90 Å². The largest absolute Gasteiger partial charge is 0.456 e. The summed E-state index contributed by atoms with van der Waals surface area (Å²) in [5.74, 6) is 0. The molecule has 0 aliphatic heterocycles. The van der Waals surface area contributed by atoms with E-state index in [2.05, 4.69) is 108 Å². The number of hydrogen-bond donors (Lipinski definition) is 0. The first-order valence-corrected chi connectivity index (χ1v) is 14.4. The van der Waals surface area contributed by atoms with Crippen molar-refractivity contribution in [2.24, 2.45) is 0 Å². The normalized spacial score (nSPS) is 11.7. The van der Waals surface area contributed by atoms with Gasteiger partial charge in [0.05, 0.1) is 17.3 Å². The Labute approximate surface area is 247 Å². The molecule has 3 heterocycles. The van der Waals surface area contributed by atoms with E-state index in [1.54, 1.807) is 0 Å². The van der Waals surface area contributed by atoms with Gasteiger partial charge in [-0.3, -0.25) is 4.98 Å². The summed E-state index contributed by atoms with van der Waals surface area (Å²) >= 11 is 0. The van der Waals surface area contributed by atoms with Crippen molar-refractivity contribution in [3.05, 3.63) is 146 Å². The molecule has 0 saturated heterocycles. The molecule has 9 aromatic rings. The minimum Gasteiger partial charge on any atom is -0.456 e. The van der Waals surface area contributed by atoms with Crippen molar-refractivity contribution in [1.29, 1.82) is 0 Å². The highest BCUT2D eigenvalue weighted by Gasteiger charge is 2.24. The number of fused-ring (bicyclic) bond motifs is 8. The van der Waals surface area contributed by atoms with E-state index >= 15 is 0 Å². The molecule has 4 nitrogen and oxygen atoms in total. The van der Waals surface area contributed by atoms with Crippen LogP contribution in [0, 0.1) is 0 Å². The average molecular weight is 553 g/mol. The SMILES string of the molecule is c1ccc(-c2ccc(N(c3cncc4c3oc3c5ccccc5ccc43)c3cccc4oc5ccccc5c34)cc2)cc1. The number of benzene rings is 6. The van der Waals surface area contributed by atoms with E-state index in [4.69, 9.17) is 13.8 Å². The average Bonchev–Trinajstić information content (AvgIpc) is 3.65. The summed E-state index contributed by atoms with van der Waals surface area (Å²) in [5, 5.41) is 6.37. The predicted octanol–water partition coefficient (Wildman–Crippen LogP) is 11.2. The second-order valence-corrected chi connectivity index (χ2v) is 10.8. The van der Waals surface area contributed by atoms with Crippen molar-refractivity contribution >= 4 is 71.7 Å². The molecule has 0 radical (unpaired) electrons. The van der Waals surface area contributed by atoms with Gasteiger partial charge in [-0.1, -0.05) is 97.1 Å². The molecule has 0 fully saturated rings.